The Morgan fingerprint density at radius 1 is 1.19 bits per heavy atom. The first-order chi connectivity index (χ1) is 14.8. The minimum Gasteiger partial charge on any atom is -0.463 e. The number of rotatable bonds is 10. The molecule has 2 aliphatic rings. The molecule has 1 aromatic carbocycles. The molecule has 31 heavy (non-hydrogen) atoms. The fourth-order valence-corrected chi connectivity index (χ4v) is 4.52. The Morgan fingerprint density at radius 3 is 2.42 bits per heavy atom. The summed E-state index contributed by atoms with van der Waals surface area (Å²) in [6.07, 6.45) is 6.49. The normalized spacial score (nSPS) is 24.4. The largest absolute Gasteiger partial charge is 0.463 e. The Kier molecular flexibility index (Phi) is 7.57. The molecular weight excluding hydrogens is 402 g/mol. The highest BCUT2D eigenvalue weighted by molar-refractivity contribution is 5.81. The maximum absolute atomic E-state index is 13.9. The maximum atomic E-state index is 13.9. The monoisotopic (exact) mass is 436 g/mol. The van der Waals surface area contributed by atoms with Crippen LogP contribution in [-0.2, 0) is 15.1 Å². The van der Waals surface area contributed by atoms with Crippen LogP contribution < -0.4 is 0 Å². The van der Waals surface area contributed by atoms with E-state index in [2.05, 4.69) is 29.8 Å². The molecule has 1 aliphatic heterocycles. The summed E-state index contributed by atoms with van der Waals surface area (Å²) in [6.45, 7) is 6.15. The van der Waals surface area contributed by atoms with Crippen molar-refractivity contribution in [3.8, 4) is 0 Å². The molecule has 1 unspecified atom stereocenters. The quantitative estimate of drug-likeness (QED) is 0.433. The number of alkyl halides is 2. The molecule has 0 saturated heterocycles. The maximum Gasteiger partial charge on any atom is 0.343 e. The van der Waals surface area contributed by atoms with E-state index in [0.717, 1.165) is 19.4 Å². The smallest absolute Gasteiger partial charge is 0.343 e. The number of aliphatic hydroxyl groups is 1. The highest BCUT2D eigenvalue weighted by Crippen LogP contribution is 2.47. The van der Waals surface area contributed by atoms with E-state index in [1.165, 1.54) is 0 Å². The van der Waals surface area contributed by atoms with Gasteiger partial charge in [-0.3, -0.25) is 0 Å². The SMILES string of the molecule is CCCCN1C=CN(CCCOC(=O)[C@](O)(c2ccccc2)[C@H]2CCC(F)(F)C2)C1C. The van der Waals surface area contributed by atoms with E-state index in [4.69, 9.17) is 4.74 Å². The number of hydrogen-bond acceptors (Lipinski definition) is 5. The third kappa shape index (κ3) is 5.37. The molecule has 1 N–H and O–H groups in total. The van der Waals surface area contributed by atoms with E-state index in [-0.39, 0.29) is 25.6 Å². The number of esters is 1. The highest BCUT2D eigenvalue weighted by atomic mass is 19.3. The van der Waals surface area contributed by atoms with Crippen molar-refractivity contribution in [3.05, 3.63) is 48.3 Å². The van der Waals surface area contributed by atoms with Crippen LogP contribution in [0.25, 0.3) is 0 Å². The Labute approximate surface area is 183 Å². The zero-order chi connectivity index (χ0) is 22.5. The second-order valence-electron chi connectivity index (χ2n) is 8.68. The van der Waals surface area contributed by atoms with Crippen molar-refractivity contribution in [1.29, 1.82) is 0 Å². The molecule has 3 rings (SSSR count). The summed E-state index contributed by atoms with van der Waals surface area (Å²) in [4.78, 5) is 17.4. The molecule has 0 bridgehead atoms. The van der Waals surface area contributed by atoms with Crippen LogP contribution in [0.5, 0.6) is 0 Å². The molecule has 0 spiro atoms. The van der Waals surface area contributed by atoms with Gasteiger partial charge >= 0.3 is 5.97 Å². The van der Waals surface area contributed by atoms with E-state index in [9.17, 15) is 18.7 Å². The molecule has 1 fully saturated rings. The molecule has 0 radical (unpaired) electrons. The van der Waals surface area contributed by atoms with Gasteiger partial charge in [-0.25, -0.2) is 13.6 Å². The summed E-state index contributed by atoms with van der Waals surface area (Å²) in [5.41, 5.74) is -1.75. The first-order valence-corrected chi connectivity index (χ1v) is 11.3. The lowest BCUT2D eigenvalue weighted by Crippen LogP contribution is -2.44. The van der Waals surface area contributed by atoms with Crippen LogP contribution in [0.4, 0.5) is 8.78 Å². The van der Waals surface area contributed by atoms with E-state index in [0.29, 0.717) is 18.5 Å². The van der Waals surface area contributed by atoms with Gasteiger partial charge in [0.15, 0.2) is 5.60 Å². The molecule has 172 valence electrons. The predicted molar refractivity (Wildman–Crippen MR) is 115 cm³/mol. The van der Waals surface area contributed by atoms with Crippen LogP contribution in [-0.4, -0.2) is 52.7 Å². The van der Waals surface area contributed by atoms with Crippen molar-refractivity contribution >= 4 is 5.97 Å². The van der Waals surface area contributed by atoms with Crippen LogP contribution in [0.15, 0.2) is 42.7 Å². The lowest BCUT2D eigenvalue weighted by Gasteiger charge is -2.32. The number of ether oxygens (including phenoxy) is 1. The van der Waals surface area contributed by atoms with Gasteiger partial charge in [0.2, 0.25) is 5.92 Å². The van der Waals surface area contributed by atoms with Crippen molar-refractivity contribution in [2.75, 3.05) is 19.7 Å². The fraction of sp³-hybridized carbons (Fsp3) is 0.625. The predicted octanol–water partition coefficient (Wildman–Crippen LogP) is 4.48. The zero-order valence-corrected chi connectivity index (χ0v) is 18.5. The molecular formula is C24H34F2N2O3. The van der Waals surface area contributed by atoms with Crippen LogP contribution in [0, 0.1) is 5.92 Å². The second-order valence-corrected chi connectivity index (χ2v) is 8.68. The van der Waals surface area contributed by atoms with E-state index in [1.54, 1.807) is 30.3 Å². The standard InChI is InChI=1S/C24H34F2N2O3/c1-3-4-13-27-15-16-28(19(27)2)14-8-17-31-22(29)24(30,20-9-6-5-7-10-20)21-11-12-23(25,26)18-21/h5-7,9-10,15-16,19,21,30H,3-4,8,11-14,17-18H2,1-2H3/t19?,21-,24-/m0/s1. The van der Waals surface area contributed by atoms with Crippen LogP contribution in [0.1, 0.15) is 57.9 Å². The van der Waals surface area contributed by atoms with Gasteiger partial charge in [0, 0.05) is 44.2 Å². The van der Waals surface area contributed by atoms with E-state index >= 15 is 0 Å². The Bertz CT molecular complexity index is 758. The fourth-order valence-electron chi connectivity index (χ4n) is 4.52. The lowest BCUT2D eigenvalue weighted by atomic mass is 9.80. The molecule has 3 atom stereocenters. The van der Waals surface area contributed by atoms with Crippen molar-refractivity contribution in [2.24, 2.45) is 5.92 Å². The van der Waals surface area contributed by atoms with Gasteiger partial charge < -0.3 is 19.6 Å². The highest BCUT2D eigenvalue weighted by Gasteiger charge is 2.54. The second kappa shape index (κ2) is 9.98. The first kappa shape index (κ1) is 23.5. The van der Waals surface area contributed by atoms with Gasteiger partial charge in [0.05, 0.1) is 12.8 Å². The summed E-state index contributed by atoms with van der Waals surface area (Å²) < 4.78 is 33.1. The van der Waals surface area contributed by atoms with Crippen molar-refractivity contribution < 1.29 is 23.4 Å². The van der Waals surface area contributed by atoms with E-state index < -0.39 is 29.8 Å². The Morgan fingerprint density at radius 2 is 1.84 bits per heavy atom. The molecule has 1 aromatic rings. The van der Waals surface area contributed by atoms with Crippen molar-refractivity contribution in [3.63, 3.8) is 0 Å². The average molecular weight is 437 g/mol. The molecule has 5 nitrogen and oxygen atoms in total. The number of nitrogens with zero attached hydrogens (tertiary/aromatic N) is 2. The van der Waals surface area contributed by atoms with Gasteiger partial charge in [-0.05, 0) is 31.7 Å². The minimum atomic E-state index is -2.87. The summed E-state index contributed by atoms with van der Waals surface area (Å²) in [6, 6.07) is 8.32. The van der Waals surface area contributed by atoms with Crippen molar-refractivity contribution in [1.82, 2.24) is 9.80 Å². The topological polar surface area (TPSA) is 53.0 Å². The Hall–Kier alpha value is -2.15. The molecule has 0 amide bonds. The summed E-state index contributed by atoms with van der Waals surface area (Å²) in [5, 5.41) is 11.3. The first-order valence-electron chi connectivity index (χ1n) is 11.3. The van der Waals surface area contributed by atoms with Gasteiger partial charge in [0.1, 0.15) is 0 Å². The van der Waals surface area contributed by atoms with Gasteiger partial charge in [0.25, 0.3) is 0 Å². The number of benzene rings is 1. The molecule has 1 heterocycles. The third-order valence-corrected chi connectivity index (χ3v) is 6.49. The summed E-state index contributed by atoms with van der Waals surface area (Å²) in [7, 11) is 0. The average Bonchev–Trinajstić information content (AvgIpc) is 3.31. The number of carbonyl (C=O) groups excluding carboxylic acids is 1. The molecule has 0 aromatic heterocycles. The molecule has 7 heteroatoms. The summed E-state index contributed by atoms with van der Waals surface area (Å²) in [5.74, 6) is -4.57. The number of hydrogen-bond donors (Lipinski definition) is 1. The van der Waals surface area contributed by atoms with Crippen molar-refractivity contribution in [2.45, 2.75) is 70.1 Å². The lowest BCUT2D eigenvalue weighted by molar-refractivity contribution is -0.175. The van der Waals surface area contributed by atoms with Gasteiger partial charge in [-0.1, -0.05) is 43.7 Å². The minimum absolute atomic E-state index is 0.0805. The summed E-state index contributed by atoms with van der Waals surface area (Å²) >= 11 is 0. The van der Waals surface area contributed by atoms with Crippen LogP contribution in [0.2, 0.25) is 0 Å². The third-order valence-electron chi connectivity index (χ3n) is 6.49. The Balaban J connectivity index is 1.56. The molecule has 1 saturated carbocycles. The zero-order valence-electron chi connectivity index (χ0n) is 18.5. The van der Waals surface area contributed by atoms with Gasteiger partial charge in [-0.2, -0.15) is 0 Å². The van der Waals surface area contributed by atoms with Crippen LogP contribution >= 0.6 is 0 Å². The number of unbranched alkanes of at least 4 members (excludes halogenated alkanes) is 1. The molecule has 1 aliphatic carbocycles. The van der Waals surface area contributed by atoms with E-state index in [1.807, 2.05) is 6.20 Å². The van der Waals surface area contributed by atoms with Crippen LogP contribution in [0.3, 0.4) is 0 Å². The number of carbonyl (C=O) groups is 1. The van der Waals surface area contributed by atoms with Gasteiger partial charge in [-0.15, -0.1) is 0 Å². The number of halogens is 2.